The third kappa shape index (κ3) is 27.9. The number of carbonyl (C=O) groups is 11. The quantitative estimate of drug-likeness (QED) is 0.0281. The minimum atomic E-state index is -1.62. The average molecular weight is 1610 g/mol. The Morgan fingerprint density at radius 2 is 1.04 bits per heavy atom. The Morgan fingerprint density at radius 3 is 1.55 bits per heavy atom. The first-order valence-corrected chi connectivity index (χ1v) is 40.2. The molecule has 6 N–H and O–H groups in total. The molecule has 13 atom stereocenters. The summed E-state index contributed by atoms with van der Waals surface area (Å²) in [7, 11) is 11.8. The lowest BCUT2D eigenvalue weighted by atomic mass is 9.91. The van der Waals surface area contributed by atoms with E-state index in [1.165, 1.54) is 98.8 Å². The highest BCUT2D eigenvalue weighted by molar-refractivity contribution is 6.00. The van der Waals surface area contributed by atoms with Crippen molar-refractivity contribution in [2.45, 2.75) is 236 Å². The molecule has 0 saturated carbocycles. The predicted octanol–water partition coefficient (Wildman–Crippen LogP) is 7.06. The maximum atomic E-state index is 15.2. The van der Waals surface area contributed by atoms with Gasteiger partial charge in [-0.25, -0.2) is 9.97 Å². The molecule has 0 radical (unpaired) electrons. The predicted molar refractivity (Wildman–Crippen MR) is 445 cm³/mol. The molecule has 0 spiro atoms. The zero-order chi connectivity index (χ0) is 87.3. The van der Waals surface area contributed by atoms with Crippen LogP contribution in [0.5, 0.6) is 11.5 Å². The average Bonchev–Trinajstić information content (AvgIpc) is 0.809. The van der Waals surface area contributed by atoms with E-state index in [0.29, 0.717) is 50.2 Å². The summed E-state index contributed by atoms with van der Waals surface area (Å²) in [5.74, 6) is -5.65. The number of methoxy groups -OCH3 is 2. The van der Waals surface area contributed by atoms with Crippen LogP contribution in [0.3, 0.4) is 0 Å². The second kappa shape index (κ2) is 47.5. The van der Waals surface area contributed by atoms with Gasteiger partial charge in [0, 0.05) is 85.8 Å². The molecule has 1 aliphatic rings. The van der Waals surface area contributed by atoms with Gasteiger partial charge >= 0.3 is 0 Å². The molecular formula is C85H136N14O16. The number of anilines is 2. The number of aromatic nitrogens is 2. The number of aliphatic hydroxyl groups excluding tert-OH is 1. The second-order valence-electron chi connectivity index (χ2n) is 32.3. The van der Waals surface area contributed by atoms with E-state index in [1.807, 2.05) is 84.0 Å². The van der Waals surface area contributed by atoms with Gasteiger partial charge in [0.1, 0.15) is 91.8 Å². The molecule has 2 heterocycles. The number of rotatable bonds is 25. The van der Waals surface area contributed by atoms with Crippen molar-refractivity contribution in [2.24, 2.45) is 41.4 Å². The fourth-order valence-corrected chi connectivity index (χ4v) is 13.8. The van der Waals surface area contributed by atoms with Gasteiger partial charge in [0.25, 0.3) is 0 Å². The normalized spacial score (nSPS) is 23.3. The van der Waals surface area contributed by atoms with Crippen LogP contribution in [-0.2, 0) is 62.2 Å². The van der Waals surface area contributed by atoms with Gasteiger partial charge in [0.05, 0.1) is 24.8 Å². The monoisotopic (exact) mass is 1610 g/mol. The summed E-state index contributed by atoms with van der Waals surface area (Å²) < 4.78 is 21.8. The molecule has 115 heavy (non-hydrogen) atoms. The second-order valence-corrected chi connectivity index (χ2v) is 32.3. The van der Waals surface area contributed by atoms with Gasteiger partial charge in [-0.15, -0.1) is 6.42 Å². The van der Waals surface area contributed by atoms with Gasteiger partial charge in [-0.2, -0.15) is 0 Å². The first kappa shape index (κ1) is 99.7. The van der Waals surface area contributed by atoms with E-state index < -0.39 is 161 Å². The van der Waals surface area contributed by atoms with Gasteiger partial charge in [-0.1, -0.05) is 121 Å². The molecule has 0 aliphatic carbocycles. The molecule has 1 saturated heterocycles. The summed E-state index contributed by atoms with van der Waals surface area (Å²) in [6.45, 7) is 34.6. The molecule has 642 valence electrons. The molecule has 1 fully saturated rings. The van der Waals surface area contributed by atoms with Gasteiger partial charge in [0.2, 0.25) is 65.0 Å². The van der Waals surface area contributed by atoms with Crippen molar-refractivity contribution in [1.82, 2.24) is 65.5 Å². The number of fused-ring (bicyclic) bond motifs is 1. The van der Waals surface area contributed by atoms with Crippen molar-refractivity contribution >= 4 is 87.4 Å². The highest BCUT2D eigenvalue weighted by Crippen LogP contribution is 2.36. The Labute approximate surface area is 683 Å². The highest BCUT2D eigenvalue weighted by Gasteiger charge is 2.47. The summed E-state index contributed by atoms with van der Waals surface area (Å²) >= 11 is 0. The van der Waals surface area contributed by atoms with Crippen molar-refractivity contribution in [3.8, 4) is 23.8 Å². The lowest BCUT2D eigenvalue weighted by Crippen LogP contribution is -2.64. The standard InChI is InChI=1S/C63H113N11O12.C22H23N3O4/c1-26-29-30-40(16)52(75)51-56(79)66-44(27-2)59(82)68(20)43(19)58(81)74(28-3)49(38(12)13)55(78)67-48(37(10)11)62(85)69(21)45(31-34(4)5)54(77)64-41(17)53(76)65-42(18)57(80)70(22)46(32-35(6)7)60(83)71(23)47(33-36(8)9)61(84)72(24)50(39(14)15)63(86)73(51)25;1-4-16-6-5-7-17(12-16)25-22-18-13-20(28-10-8-26-2)21(29-11-9-27-3)14-19(18)23-15-24-22/h26,29,34-52,75H,27-28,30-33H2,1-25H3,(H,64,77)(H,65,76)(H,66,79)(H,67,78);1,5-7,12-15H,8-11H2,2-3H3,(H,23,24,25)/b29-26+;/t40-,41+,42-,43-,44+,45+,46+,47+,48+,49+,50+,51+,52-;/m1./s1. The molecule has 0 bridgehead atoms. The van der Waals surface area contributed by atoms with Crippen LogP contribution in [0.25, 0.3) is 10.9 Å². The van der Waals surface area contributed by atoms with Crippen molar-refractivity contribution in [2.75, 3.05) is 94.8 Å². The van der Waals surface area contributed by atoms with Crippen LogP contribution in [-0.4, -0.2) is 276 Å². The van der Waals surface area contributed by atoms with Crippen LogP contribution in [0.4, 0.5) is 11.5 Å². The van der Waals surface area contributed by atoms with E-state index >= 15 is 9.59 Å². The Balaban J connectivity index is 0.000000973. The Bertz CT molecular complexity index is 3810. The number of aliphatic hydroxyl groups is 1. The first-order chi connectivity index (χ1) is 53.9. The number of amides is 11. The molecule has 3 aromatic rings. The number of nitrogens with one attached hydrogen (secondary N) is 5. The van der Waals surface area contributed by atoms with Gasteiger partial charge < -0.3 is 84.9 Å². The molecule has 1 aromatic heterocycles. The van der Waals surface area contributed by atoms with Gasteiger partial charge in [0.15, 0.2) is 11.5 Å². The van der Waals surface area contributed by atoms with Crippen LogP contribution in [0.15, 0.2) is 54.9 Å². The van der Waals surface area contributed by atoms with Crippen LogP contribution >= 0.6 is 0 Å². The summed E-state index contributed by atoms with van der Waals surface area (Å²) in [6, 6.07) is -2.36. The molecule has 30 heteroatoms. The summed E-state index contributed by atoms with van der Waals surface area (Å²) in [5, 5.41) is 27.3. The minimum Gasteiger partial charge on any atom is -0.487 e. The minimum absolute atomic E-state index is 0.0109. The van der Waals surface area contributed by atoms with Crippen molar-refractivity contribution in [3.63, 3.8) is 0 Å². The SMILES string of the molecule is C#Cc1cccc(Nc2ncnc3cc(OCCOC)c(OCCOC)cc23)c1.C/C=C/C[C@@H](C)[C@@H](O)[C@H]1C(=O)N[C@@H](CC)C(=O)N(C)[C@H](C)C(=O)N(CC)[C@@H](C(C)C)C(=O)N[C@@H](C(C)C)C(=O)N(C)[C@@H](CC(C)C)C(=O)N[C@@H](C)C(=O)N[C@H](C)C(=O)N(C)[C@@H](CC(C)C)C(=O)N(C)[C@@H](CC(C)C)C(=O)N(C)[C@@H](C(C)C)C(=O)N1C. The largest absolute Gasteiger partial charge is 0.487 e. The zero-order valence-corrected chi connectivity index (χ0v) is 73.4. The molecular weight excluding hydrogens is 1470 g/mol. The first-order valence-electron chi connectivity index (χ1n) is 40.2. The smallest absolute Gasteiger partial charge is 0.246 e. The Morgan fingerprint density at radius 1 is 0.539 bits per heavy atom. The number of allylic oxidation sites excluding steroid dienone is 2. The molecule has 2 aromatic carbocycles. The molecule has 0 unspecified atom stereocenters. The lowest BCUT2D eigenvalue weighted by molar-refractivity contribution is -0.157. The molecule has 11 amide bonds. The number of carbonyl (C=O) groups excluding carboxylic acids is 11. The van der Waals surface area contributed by atoms with E-state index in [-0.39, 0.29) is 50.0 Å². The van der Waals surface area contributed by atoms with Crippen LogP contribution in [0.2, 0.25) is 0 Å². The Hall–Kier alpha value is -9.47. The number of hydrogen-bond acceptors (Lipinski definition) is 19. The number of benzene rings is 2. The highest BCUT2D eigenvalue weighted by atomic mass is 16.5. The molecule has 1 aliphatic heterocycles. The number of ether oxygens (including phenoxy) is 4. The van der Waals surface area contributed by atoms with Crippen LogP contribution in [0, 0.1) is 53.8 Å². The summed E-state index contributed by atoms with van der Waals surface area (Å²) in [6.07, 6.45) is 9.86. The van der Waals surface area contributed by atoms with Gasteiger partial charge in [-0.05, 0) is 132 Å². The molecule has 4 rings (SSSR count). The number of terminal acetylenes is 1. The molecule has 30 nitrogen and oxygen atoms in total. The van der Waals surface area contributed by atoms with Crippen LogP contribution in [0.1, 0.15) is 169 Å². The van der Waals surface area contributed by atoms with Gasteiger partial charge in [-0.3, -0.25) is 52.7 Å². The van der Waals surface area contributed by atoms with Crippen molar-refractivity contribution in [1.29, 1.82) is 0 Å². The summed E-state index contributed by atoms with van der Waals surface area (Å²) in [5.41, 5.74) is 2.34. The number of hydrogen-bond donors (Lipinski definition) is 6. The third-order valence-electron chi connectivity index (χ3n) is 20.7. The lowest BCUT2D eigenvalue weighted by Gasteiger charge is -2.41. The van der Waals surface area contributed by atoms with E-state index in [0.717, 1.165) is 27.1 Å². The van der Waals surface area contributed by atoms with E-state index in [4.69, 9.17) is 25.4 Å². The van der Waals surface area contributed by atoms with E-state index in [1.54, 1.807) is 89.5 Å². The fraction of sp³-hybridized carbons (Fsp3) is 0.659. The number of likely N-dealkylation sites (N-methyl/N-ethyl adjacent to an activating group) is 7. The third-order valence-corrected chi connectivity index (χ3v) is 20.7. The van der Waals surface area contributed by atoms with Crippen LogP contribution < -0.4 is 36.1 Å². The fourth-order valence-electron chi connectivity index (χ4n) is 13.8. The zero-order valence-electron chi connectivity index (χ0n) is 73.4. The topological polar surface area (TPSA) is 354 Å². The van der Waals surface area contributed by atoms with E-state index in [2.05, 4.69) is 42.5 Å². The maximum Gasteiger partial charge on any atom is 0.246 e. The van der Waals surface area contributed by atoms with Crippen molar-refractivity contribution < 1.29 is 76.8 Å². The maximum absolute atomic E-state index is 15.2. The van der Waals surface area contributed by atoms with Crippen molar-refractivity contribution in [3.05, 3.63) is 60.4 Å². The Kier molecular flexibility index (Phi) is 41.2. The number of nitrogens with zero attached hydrogens (tertiary/aromatic N) is 9. The van der Waals surface area contributed by atoms with E-state index in [9.17, 15) is 48.3 Å². The summed E-state index contributed by atoms with van der Waals surface area (Å²) in [4.78, 5) is 179.